The first-order valence-corrected chi connectivity index (χ1v) is 8.34. The molecule has 1 aliphatic carbocycles. The number of likely N-dealkylation sites (tertiary alicyclic amines) is 1. The lowest BCUT2D eigenvalue weighted by molar-refractivity contribution is 0.00962. The van der Waals surface area contributed by atoms with Gasteiger partial charge in [0, 0.05) is 25.2 Å². The second kappa shape index (κ2) is 7.30. The zero-order chi connectivity index (χ0) is 15.3. The number of allylic oxidation sites excluding steroid dienone is 1. The Morgan fingerprint density at radius 1 is 1.29 bits per heavy atom. The number of hydrogen-bond acceptors (Lipinski definition) is 3. The van der Waals surface area contributed by atoms with E-state index < -0.39 is 5.60 Å². The third kappa shape index (κ3) is 5.34. The van der Waals surface area contributed by atoms with Crippen LogP contribution in [0.5, 0.6) is 0 Å². The van der Waals surface area contributed by atoms with Gasteiger partial charge >= 0.3 is 6.09 Å². The highest BCUT2D eigenvalue weighted by Crippen LogP contribution is 2.20. The highest BCUT2D eigenvalue weighted by molar-refractivity contribution is 5.68. The Morgan fingerprint density at radius 3 is 2.76 bits per heavy atom. The fraction of sp³-hybridized carbons (Fsp3) is 0.824. The van der Waals surface area contributed by atoms with Gasteiger partial charge in [-0.1, -0.05) is 12.2 Å². The Morgan fingerprint density at radius 2 is 2.10 bits per heavy atom. The van der Waals surface area contributed by atoms with Gasteiger partial charge in [0.2, 0.25) is 0 Å². The molecule has 0 radical (unpaired) electrons. The van der Waals surface area contributed by atoms with E-state index in [4.69, 9.17) is 4.74 Å². The van der Waals surface area contributed by atoms with Crippen molar-refractivity contribution in [3.63, 3.8) is 0 Å². The van der Waals surface area contributed by atoms with Crippen molar-refractivity contribution in [2.45, 2.75) is 77.0 Å². The summed E-state index contributed by atoms with van der Waals surface area (Å²) in [6.45, 7) is 7.49. The molecule has 0 aromatic heterocycles. The van der Waals surface area contributed by atoms with Crippen LogP contribution in [0.25, 0.3) is 0 Å². The van der Waals surface area contributed by atoms with Crippen LogP contribution in [0.15, 0.2) is 12.2 Å². The van der Waals surface area contributed by atoms with Gasteiger partial charge in [-0.25, -0.2) is 4.79 Å². The van der Waals surface area contributed by atoms with Gasteiger partial charge in [-0.15, -0.1) is 0 Å². The van der Waals surface area contributed by atoms with Gasteiger partial charge in [0.15, 0.2) is 0 Å². The van der Waals surface area contributed by atoms with E-state index in [1.807, 2.05) is 25.7 Å². The lowest BCUT2D eigenvalue weighted by Crippen LogP contribution is -2.51. The van der Waals surface area contributed by atoms with Crippen LogP contribution in [0.4, 0.5) is 4.79 Å². The Balaban J connectivity index is 1.86. The van der Waals surface area contributed by atoms with Crippen LogP contribution < -0.4 is 5.32 Å². The predicted molar refractivity (Wildman–Crippen MR) is 85.4 cm³/mol. The summed E-state index contributed by atoms with van der Waals surface area (Å²) in [6, 6.07) is 0.844. The van der Waals surface area contributed by atoms with Gasteiger partial charge in [-0.2, -0.15) is 0 Å². The van der Waals surface area contributed by atoms with Crippen LogP contribution in [-0.4, -0.2) is 41.8 Å². The first kappa shape index (κ1) is 16.3. The zero-order valence-electron chi connectivity index (χ0n) is 13.7. The van der Waals surface area contributed by atoms with Gasteiger partial charge in [0.05, 0.1) is 0 Å². The van der Waals surface area contributed by atoms with E-state index in [-0.39, 0.29) is 12.1 Å². The molecule has 0 bridgehead atoms. The van der Waals surface area contributed by atoms with Crippen molar-refractivity contribution in [3.8, 4) is 0 Å². The molecule has 0 aromatic rings. The third-order valence-electron chi connectivity index (χ3n) is 4.17. The van der Waals surface area contributed by atoms with Crippen molar-refractivity contribution in [2.24, 2.45) is 0 Å². The van der Waals surface area contributed by atoms with E-state index in [0.717, 1.165) is 38.8 Å². The smallest absolute Gasteiger partial charge is 0.410 e. The second-order valence-corrected chi connectivity index (χ2v) is 7.21. The molecular weight excluding hydrogens is 264 g/mol. The molecule has 0 aromatic carbocycles. The van der Waals surface area contributed by atoms with E-state index in [9.17, 15) is 4.79 Å². The van der Waals surface area contributed by atoms with Gasteiger partial charge in [0.1, 0.15) is 5.60 Å². The van der Waals surface area contributed by atoms with Crippen LogP contribution in [-0.2, 0) is 4.74 Å². The van der Waals surface area contributed by atoms with Gasteiger partial charge in [-0.05, 0) is 59.3 Å². The molecule has 4 heteroatoms. The van der Waals surface area contributed by atoms with Gasteiger partial charge in [-0.3, -0.25) is 0 Å². The van der Waals surface area contributed by atoms with E-state index in [1.54, 1.807) is 0 Å². The maximum absolute atomic E-state index is 12.3. The van der Waals surface area contributed by atoms with Crippen molar-refractivity contribution < 1.29 is 9.53 Å². The van der Waals surface area contributed by atoms with Crippen molar-refractivity contribution in [2.75, 3.05) is 13.1 Å². The summed E-state index contributed by atoms with van der Waals surface area (Å²) < 4.78 is 5.55. The average molecular weight is 294 g/mol. The predicted octanol–water partition coefficient (Wildman–Crippen LogP) is 3.47. The highest BCUT2D eigenvalue weighted by Gasteiger charge is 2.30. The summed E-state index contributed by atoms with van der Waals surface area (Å²) in [5, 5.41) is 3.64. The largest absolute Gasteiger partial charge is 0.444 e. The number of carbonyl (C=O) groups excluding carboxylic acids is 1. The lowest BCUT2D eigenvalue weighted by atomic mass is 9.99. The topological polar surface area (TPSA) is 41.6 Å². The van der Waals surface area contributed by atoms with E-state index in [0.29, 0.717) is 6.04 Å². The fourth-order valence-electron chi connectivity index (χ4n) is 3.06. The van der Waals surface area contributed by atoms with Crippen LogP contribution in [0.1, 0.15) is 59.3 Å². The monoisotopic (exact) mass is 294 g/mol. The minimum atomic E-state index is -0.416. The average Bonchev–Trinajstić information content (AvgIpc) is 2.45. The van der Waals surface area contributed by atoms with Gasteiger partial charge < -0.3 is 15.0 Å². The molecule has 2 atom stereocenters. The number of hydrogen-bond donors (Lipinski definition) is 1. The summed E-state index contributed by atoms with van der Waals surface area (Å²) in [7, 11) is 0. The number of amides is 1. The summed E-state index contributed by atoms with van der Waals surface area (Å²) >= 11 is 0. The third-order valence-corrected chi connectivity index (χ3v) is 4.17. The SMILES string of the molecule is CC(C)(C)OC(=O)N1CCCCC1CNC1CC=CCC1. The number of rotatable bonds is 3. The zero-order valence-corrected chi connectivity index (χ0v) is 13.7. The quantitative estimate of drug-likeness (QED) is 0.810. The molecule has 4 nitrogen and oxygen atoms in total. The molecule has 2 rings (SSSR count). The second-order valence-electron chi connectivity index (χ2n) is 7.21. The normalized spacial score (nSPS) is 26.7. The highest BCUT2D eigenvalue weighted by atomic mass is 16.6. The molecule has 1 fully saturated rings. The molecular formula is C17H30N2O2. The molecule has 2 unspecified atom stereocenters. The maximum atomic E-state index is 12.3. The number of carbonyl (C=O) groups is 1. The molecule has 21 heavy (non-hydrogen) atoms. The Labute approximate surface area is 128 Å². The van der Waals surface area contributed by atoms with Crippen LogP contribution in [0, 0.1) is 0 Å². The standard InChI is InChI=1S/C17H30N2O2/c1-17(2,3)21-16(20)19-12-8-7-11-15(19)13-18-14-9-5-4-6-10-14/h4-5,14-15,18H,6-13H2,1-3H3. The number of piperidine rings is 1. The Bertz CT molecular complexity index is 373. The van der Waals surface area contributed by atoms with Crippen LogP contribution in [0.3, 0.4) is 0 Å². The van der Waals surface area contributed by atoms with Crippen molar-refractivity contribution in [3.05, 3.63) is 12.2 Å². The summed E-state index contributed by atoms with van der Waals surface area (Å²) in [6.07, 6.45) is 11.2. The van der Waals surface area contributed by atoms with Crippen molar-refractivity contribution in [1.29, 1.82) is 0 Å². The molecule has 1 heterocycles. The minimum Gasteiger partial charge on any atom is -0.444 e. The fourth-order valence-corrected chi connectivity index (χ4v) is 3.06. The van der Waals surface area contributed by atoms with Crippen molar-refractivity contribution >= 4 is 6.09 Å². The van der Waals surface area contributed by atoms with E-state index in [1.165, 1.54) is 12.8 Å². The van der Waals surface area contributed by atoms with Crippen molar-refractivity contribution in [1.82, 2.24) is 10.2 Å². The number of ether oxygens (including phenoxy) is 1. The number of nitrogens with zero attached hydrogens (tertiary/aromatic N) is 1. The minimum absolute atomic E-state index is 0.155. The van der Waals surface area contributed by atoms with Gasteiger partial charge in [0.25, 0.3) is 0 Å². The molecule has 120 valence electrons. The molecule has 0 saturated carbocycles. The van der Waals surface area contributed by atoms with Crippen LogP contribution >= 0.6 is 0 Å². The lowest BCUT2D eigenvalue weighted by Gasteiger charge is -2.37. The Kier molecular flexibility index (Phi) is 5.68. The Hall–Kier alpha value is -1.03. The molecule has 0 spiro atoms. The molecule has 1 saturated heterocycles. The van der Waals surface area contributed by atoms with E-state index in [2.05, 4.69) is 17.5 Å². The summed E-state index contributed by atoms with van der Waals surface area (Å²) in [4.78, 5) is 14.3. The maximum Gasteiger partial charge on any atom is 0.410 e. The summed E-state index contributed by atoms with van der Waals surface area (Å²) in [5.74, 6) is 0. The van der Waals surface area contributed by atoms with E-state index >= 15 is 0 Å². The van der Waals surface area contributed by atoms with Crippen LogP contribution in [0.2, 0.25) is 0 Å². The first-order valence-electron chi connectivity index (χ1n) is 8.34. The molecule has 1 N–H and O–H groups in total. The molecule has 2 aliphatic rings. The molecule has 1 amide bonds. The summed E-state index contributed by atoms with van der Waals surface area (Å²) in [5.41, 5.74) is -0.416. The molecule has 1 aliphatic heterocycles. The number of nitrogens with one attached hydrogen (secondary N) is 1. The first-order chi connectivity index (χ1) is 9.96.